The molecule has 0 aliphatic rings. The number of furan rings is 2. The van der Waals surface area contributed by atoms with Crippen LogP contribution in [-0.2, 0) is 32.9 Å². The molecule has 4 aromatic carbocycles. The van der Waals surface area contributed by atoms with E-state index in [-0.39, 0.29) is 42.2 Å². The van der Waals surface area contributed by atoms with E-state index >= 15 is 0 Å². The molecule has 0 saturated carbocycles. The fourth-order valence-corrected chi connectivity index (χ4v) is 9.96. The summed E-state index contributed by atoms with van der Waals surface area (Å²) in [4.78, 5) is 29.7. The maximum absolute atomic E-state index is 13.7. The number of aryl methyl sites for hydroxylation is 2. The number of ether oxygens (including phenoxy) is 2. The van der Waals surface area contributed by atoms with E-state index in [0.29, 0.717) is 77.7 Å². The number of unbranched alkanes of at least 4 members (excludes halogenated alkanes) is 6. The third-order valence-electron chi connectivity index (χ3n) is 13.0. The number of anilines is 2. The summed E-state index contributed by atoms with van der Waals surface area (Å²) < 4.78 is 74.2. The van der Waals surface area contributed by atoms with Crippen LogP contribution in [0.15, 0.2) is 99.8 Å². The number of benzene rings is 4. The van der Waals surface area contributed by atoms with Crippen molar-refractivity contribution in [2.75, 3.05) is 74.4 Å². The Hall–Kier alpha value is 1.24. The molecule has 14 nitrogen and oxygen atoms in total. The Balaban J connectivity index is 0. The third kappa shape index (κ3) is 44.9. The van der Waals surface area contributed by atoms with Gasteiger partial charge in [0.25, 0.3) is 5.24 Å². The van der Waals surface area contributed by atoms with Crippen molar-refractivity contribution in [1.82, 2.24) is 9.80 Å². The molecule has 29 heteroatoms. The van der Waals surface area contributed by atoms with Gasteiger partial charge in [0.2, 0.25) is 20.0 Å². The summed E-state index contributed by atoms with van der Waals surface area (Å²) >= 11 is 11.7. The van der Waals surface area contributed by atoms with E-state index < -0.39 is 39.2 Å². The van der Waals surface area contributed by atoms with Gasteiger partial charge in [-0.25, -0.2) is 16.8 Å². The van der Waals surface area contributed by atoms with E-state index in [0.717, 1.165) is 112 Å². The zero-order valence-corrected chi connectivity index (χ0v) is 75.2. The van der Waals surface area contributed by atoms with E-state index in [1.54, 1.807) is 72.8 Å². The van der Waals surface area contributed by atoms with E-state index in [4.69, 9.17) is 65.6 Å². The number of carbonyl (C=O) groups is 2. The molecule has 0 saturated heterocycles. The van der Waals surface area contributed by atoms with Crippen molar-refractivity contribution in [3.05, 3.63) is 119 Å². The molecule has 520 valence electrons. The van der Waals surface area contributed by atoms with E-state index in [1.165, 1.54) is 64.5 Å². The first-order chi connectivity index (χ1) is 42.3. The molecule has 6 aromatic rings. The summed E-state index contributed by atoms with van der Waals surface area (Å²) in [6.07, 6.45) is 19.7. The van der Waals surface area contributed by atoms with Gasteiger partial charge in [0.15, 0.2) is 5.78 Å². The van der Waals surface area contributed by atoms with Crippen LogP contribution in [0.3, 0.4) is 0 Å². The number of nitrogens with zero attached hydrogens (tertiary/aromatic N) is 2. The van der Waals surface area contributed by atoms with Crippen LogP contribution in [0.25, 0.3) is 21.9 Å². The SMILES string of the molecule is CCCCN(CCCC)CCCOc1ccc(C(=O)Cl)cc1.CCCCc1cc2cc(NS(C)(=O)=O)ccc2o1.CCCCc1oc2ccc(NS(C)(=O)=O)cc2c1C(=O)c1ccc(OCCCN(CCCC)CCCC)cc1.Cl.I.II.I[I-]I.[Cl][Sn]([Cl])([Cl])[Cl]. The minimum absolute atomic E-state index is 0. The summed E-state index contributed by atoms with van der Waals surface area (Å²) in [7, 11) is 13.5. The zero-order valence-electron chi connectivity index (χ0n) is 53.0. The van der Waals surface area contributed by atoms with Crippen molar-refractivity contribution >= 4 is 236 Å². The Labute approximate surface area is 644 Å². The predicted octanol–water partition coefficient (Wildman–Crippen LogP) is 18.9. The topological polar surface area (TPSA) is 178 Å². The summed E-state index contributed by atoms with van der Waals surface area (Å²) in [6, 6.07) is 26.5. The van der Waals surface area contributed by atoms with Gasteiger partial charge in [0, 0.05) is 96.4 Å². The summed E-state index contributed by atoms with van der Waals surface area (Å²) in [5, 5.41) is 1.10. The number of rotatable bonds is 35. The quantitative estimate of drug-likeness (QED) is 0.0127. The van der Waals surface area contributed by atoms with Crippen molar-refractivity contribution in [3.63, 3.8) is 0 Å². The molecule has 2 aromatic heterocycles. The molecule has 0 amide bonds. The number of carbonyl (C=O) groups excluding carboxylic acids is 2. The maximum atomic E-state index is 13.7. The molecule has 0 radical (unpaired) electrons. The van der Waals surface area contributed by atoms with E-state index in [2.05, 4.69) is 135 Å². The average molecular weight is 2210 g/mol. The van der Waals surface area contributed by atoms with Gasteiger partial charge < -0.3 is 28.1 Å². The Morgan fingerprint density at radius 1 is 0.549 bits per heavy atom. The van der Waals surface area contributed by atoms with Crippen molar-refractivity contribution in [1.29, 1.82) is 0 Å². The molecular weight excluding hydrogens is 2120 g/mol. The number of hydrogen-bond donors (Lipinski definition) is 2. The minimum atomic E-state index is -3.45. The molecule has 0 unspecified atom stereocenters. The number of fused-ring (bicyclic) bond motifs is 2. The van der Waals surface area contributed by atoms with Crippen LogP contribution in [0.1, 0.15) is 169 Å². The fraction of sp³-hybridized carbons (Fsp3) is 0.516. The number of hydrogen-bond acceptors (Lipinski definition) is 12. The number of nitrogens with one attached hydrogen (secondary N) is 2. The monoisotopic (exact) mass is 2210 g/mol. The van der Waals surface area contributed by atoms with Crippen LogP contribution in [0, 0.1) is 0 Å². The van der Waals surface area contributed by atoms with Crippen LogP contribution >= 0.6 is 158 Å². The van der Waals surface area contributed by atoms with Crippen LogP contribution in [0.2, 0.25) is 0 Å². The number of halogens is 12. The Morgan fingerprint density at radius 2 is 0.923 bits per heavy atom. The Morgan fingerprint density at radius 3 is 1.32 bits per heavy atom. The second-order valence-electron chi connectivity index (χ2n) is 20.7. The number of ketones is 1. The summed E-state index contributed by atoms with van der Waals surface area (Å²) in [6.45, 7) is 21.2. The van der Waals surface area contributed by atoms with Gasteiger partial charge in [0.05, 0.1) is 31.3 Å². The molecule has 0 spiro atoms. The molecule has 0 atom stereocenters. The average Bonchev–Trinajstić information content (AvgIpc) is 1.67. The molecule has 91 heavy (non-hydrogen) atoms. The van der Waals surface area contributed by atoms with Crippen LogP contribution in [0.4, 0.5) is 11.4 Å². The van der Waals surface area contributed by atoms with E-state index in [1.807, 2.05) is 18.2 Å². The standard InChI is InChI=1S/C31H44N2O5S.C18H28ClNO2.C13H17NO3S.5ClH.I3.I2.HI.Sn/c1-5-8-12-29-30(27-23-25(32-39(4,35)36)15-18-28(27)38-29)31(34)24-13-16-26(17-14-24)37-22-11-21-33(19-9-6-2)20-10-7-3;1-3-5-12-20(13-6-4-2)14-7-15-22-17-10-8-16(9-11-17)18(19)21;1-3-4-5-12-9-10-8-11(14-18(2,15)16)6-7-13(10)17-12;;;;;;1-3-2;1-2;;/h13-18,23,32H,5-12,19-22H2,1-4H3;8-11H,3-7,12-15H2,1-2H3;6-9,14H,3-5H2,1-2H3;5*1H;;;1H;/q;;;;;;;;-1;;;+4/p-4. The third-order valence-corrected chi connectivity index (χ3v) is 14.4. The number of sulfonamides is 2. The first kappa shape index (κ1) is 94.3. The molecular formula is C62H91Cl6I6N4O10S2Sn-. The second-order valence-corrected chi connectivity index (χ2v) is 66.2. The molecule has 2 heterocycles. The summed E-state index contributed by atoms with van der Waals surface area (Å²) in [5.41, 5.74) is 3.84. The van der Waals surface area contributed by atoms with Crippen LogP contribution in [-0.4, -0.2) is 117 Å². The van der Waals surface area contributed by atoms with Gasteiger partial charge in [0.1, 0.15) is 34.2 Å². The first-order valence-corrected chi connectivity index (χ1v) is 67.2. The van der Waals surface area contributed by atoms with Gasteiger partial charge in [-0.2, -0.15) is 0 Å². The predicted molar refractivity (Wildman–Crippen MR) is 434 cm³/mol. The molecule has 0 aliphatic carbocycles. The van der Waals surface area contributed by atoms with Crippen molar-refractivity contribution in [2.45, 2.75) is 144 Å². The molecule has 0 aliphatic heterocycles. The van der Waals surface area contributed by atoms with Crippen molar-refractivity contribution in [2.24, 2.45) is 0 Å². The van der Waals surface area contributed by atoms with Crippen LogP contribution in [0.5, 0.6) is 11.5 Å². The van der Waals surface area contributed by atoms with Crippen molar-refractivity contribution < 1.29 is 58.0 Å². The van der Waals surface area contributed by atoms with Gasteiger partial charge in [-0.1, -0.05) is 80.1 Å². The van der Waals surface area contributed by atoms with Gasteiger partial charge in [-0.3, -0.25) is 19.0 Å². The first-order valence-electron chi connectivity index (χ1n) is 29.8. The van der Waals surface area contributed by atoms with Crippen molar-refractivity contribution in [3.8, 4) is 11.5 Å². The fourth-order valence-electron chi connectivity index (χ4n) is 8.72. The molecule has 0 bridgehead atoms. The molecule has 6 rings (SSSR count). The zero-order chi connectivity index (χ0) is 66.8. The molecule has 2 N–H and O–H groups in total. The van der Waals surface area contributed by atoms with Gasteiger partial charge >= 0.3 is 100 Å². The molecule has 0 fully saturated rings. The second kappa shape index (κ2) is 55.0. The van der Waals surface area contributed by atoms with Gasteiger partial charge in [-0.15, -0.1) is 36.4 Å². The van der Waals surface area contributed by atoms with Crippen LogP contribution < -0.4 is 32.2 Å². The normalized spacial score (nSPS) is 11.0. The Kier molecular flexibility index (Phi) is 57.0. The Bertz CT molecular complexity index is 3120. The summed E-state index contributed by atoms with van der Waals surface area (Å²) in [5.74, 6) is 2.96. The van der Waals surface area contributed by atoms with Gasteiger partial charge in [-0.05, 0) is 180 Å². The van der Waals surface area contributed by atoms with E-state index in [9.17, 15) is 26.4 Å².